The van der Waals surface area contributed by atoms with Crippen molar-refractivity contribution in [1.82, 2.24) is 0 Å². The Morgan fingerprint density at radius 1 is 1.77 bits per heavy atom. The number of halogens is 3. The van der Waals surface area contributed by atoms with Gasteiger partial charge in [0.1, 0.15) is 3.78 Å². The van der Waals surface area contributed by atoms with Crippen LogP contribution in [0, 0.1) is 0 Å². The summed E-state index contributed by atoms with van der Waals surface area (Å²) in [6, 6.07) is 0. The number of carbonyl (C=O) groups excluding carboxylic acids is 1. The Labute approximate surface area is 99.5 Å². The number of ketones is 1. The summed E-state index contributed by atoms with van der Waals surface area (Å²) in [6.07, 6.45) is 6.02. The molecule has 0 spiro atoms. The van der Waals surface area contributed by atoms with Gasteiger partial charge in [-0.15, -0.1) is 11.6 Å². The van der Waals surface area contributed by atoms with Gasteiger partial charge in [0.25, 0.3) is 0 Å². The molecule has 2 unspecified atom stereocenters. The van der Waals surface area contributed by atoms with Crippen molar-refractivity contribution >= 4 is 49.2 Å². The molecule has 1 rings (SSSR count). The maximum Gasteiger partial charge on any atom is 0.175 e. The lowest BCUT2D eigenvalue weighted by Gasteiger charge is -2.18. The van der Waals surface area contributed by atoms with E-state index in [-0.39, 0.29) is 10.6 Å². The minimum atomic E-state index is -0.508. The minimum absolute atomic E-state index is 0.0934. The maximum absolute atomic E-state index is 11.5. The molecule has 0 heterocycles. The van der Waals surface area contributed by atoms with E-state index in [4.69, 9.17) is 11.6 Å². The smallest absolute Gasteiger partial charge is 0.175 e. The van der Waals surface area contributed by atoms with Crippen molar-refractivity contribution in [2.45, 2.75) is 22.0 Å². The molecule has 0 aromatic carbocycles. The van der Waals surface area contributed by atoms with Gasteiger partial charge >= 0.3 is 0 Å². The normalized spacial score (nSPS) is 29.7. The largest absolute Gasteiger partial charge is 0.293 e. The number of alkyl halides is 3. The van der Waals surface area contributed by atoms with Gasteiger partial charge in [0, 0.05) is 5.57 Å². The van der Waals surface area contributed by atoms with Crippen LogP contribution in [0.1, 0.15) is 13.3 Å². The van der Waals surface area contributed by atoms with Crippen LogP contribution < -0.4 is 0 Å². The average molecular weight is 328 g/mol. The Bertz CT molecular complexity index is 279. The van der Waals surface area contributed by atoms with Crippen molar-refractivity contribution in [2.24, 2.45) is 0 Å². The summed E-state index contributed by atoms with van der Waals surface area (Å²) in [7, 11) is 0. The molecule has 0 radical (unpaired) electrons. The van der Waals surface area contributed by atoms with Crippen molar-refractivity contribution < 1.29 is 4.79 Å². The Balaban J connectivity index is 2.73. The Kier molecular flexibility index (Phi) is 3.78. The molecule has 0 saturated heterocycles. The van der Waals surface area contributed by atoms with E-state index in [2.05, 4.69) is 31.9 Å². The van der Waals surface area contributed by atoms with Crippen LogP contribution in [0.3, 0.4) is 0 Å². The molecule has 0 amide bonds. The lowest BCUT2D eigenvalue weighted by Crippen LogP contribution is -2.17. The average Bonchev–Trinajstić information content (AvgIpc) is 2.03. The zero-order valence-electron chi connectivity index (χ0n) is 7.06. The fourth-order valence-corrected chi connectivity index (χ4v) is 1.70. The van der Waals surface area contributed by atoms with Gasteiger partial charge < -0.3 is 0 Å². The highest BCUT2D eigenvalue weighted by molar-refractivity contribution is 9.10. The van der Waals surface area contributed by atoms with Crippen LogP contribution in [0.4, 0.5) is 0 Å². The van der Waals surface area contributed by atoms with Crippen LogP contribution in [0.5, 0.6) is 0 Å². The van der Waals surface area contributed by atoms with E-state index in [1.54, 1.807) is 12.2 Å². The van der Waals surface area contributed by atoms with Crippen LogP contribution in [-0.4, -0.2) is 14.4 Å². The molecule has 0 saturated carbocycles. The van der Waals surface area contributed by atoms with Crippen molar-refractivity contribution in [2.75, 3.05) is 0 Å². The molecule has 0 N–H and O–H groups in total. The second-order valence-electron chi connectivity index (χ2n) is 2.94. The van der Waals surface area contributed by atoms with E-state index in [1.807, 2.05) is 13.0 Å². The highest BCUT2D eigenvalue weighted by Crippen LogP contribution is 2.34. The Morgan fingerprint density at radius 2 is 2.38 bits per heavy atom. The van der Waals surface area contributed by atoms with Crippen LogP contribution >= 0.6 is 43.5 Å². The fourth-order valence-electron chi connectivity index (χ4n) is 1.01. The third-order valence-corrected chi connectivity index (χ3v) is 3.03. The molecular weight excluding hydrogens is 319 g/mol. The van der Waals surface area contributed by atoms with Crippen molar-refractivity contribution in [1.29, 1.82) is 0 Å². The van der Waals surface area contributed by atoms with Gasteiger partial charge in [0.2, 0.25) is 0 Å². The summed E-state index contributed by atoms with van der Waals surface area (Å²) < 4.78 is -0.508. The number of Topliss-reactive ketones (excluding diaryl/α,β-unsaturated/α-hetero) is 1. The molecule has 0 aromatic rings. The summed E-state index contributed by atoms with van der Waals surface area (Å²) >= 11 is 12.5. The van der Waals surface area contributed by atoms with Gasteiger partial charge in [-0.2, -0.15) is 0 Å². The molecule has 0 aromatic heterocycles. The number of carbonyl (C=O) groups is 1. The van der Waals surface area contributed by atoms with Gasteiger partial charge in [-0.3, -0.25) is 4.79 Å². The topological polar surface area (TPSA) is 17.1 Å². The van der Waals surface area contributed by atoms with Crippen molar-refractivity contribution in [3.8, 4) is 0 Å². The third-order valence-electron chi connectivity index (χ3n) is 1.75. The molecule has 4 heteroatoms. The highest BCUT2D eigenvalue weighted by atomic mass is 79.9. The number of allylic oxidation sites excluding steroid dienone is 4. The zero-order chi connectivity index (χ0) is 10.1. The monoisotopic (exact) mass is 326 g/mol. The Morgan fingerprint density at radius 3 is 2.77 bits per heavy atom. The first-order valence-electron chi connectivity index (χ1n) is 3.88. The maximum atomic E-state index is 11.5. The molecular formula is C9H9Br2ClO. The van der Waals surface area contributed by atoms with E-state index in [0.29, 0.717) is 6.42 Å². The van der Waals surface area contributed by atoms with Gasteiger partial charge in [0.05, 0.1) is 4.83 Å². The highest BCUT2D eigenvalue weighted by Gasteiger charge is 2.24. The van der Waals surface area contributed by atoms with Crippen LogP contribution in [0.25, 0.3) is 0 Å². The standard InChI is InChI=1S/C9H9Br2ClO/c1-6(10)8(13)7-2-4-9(11,12)5-3-7/h2-4,6H,5H2,1H3. The lowest BCUT2D eigenvalue weighted by atomic mass is 10.0. The van der Waals surface area contributed by atoms with E-state index >= 15 is 0 Å². The van der Waals surface area contributed by atoms with E-state index in [1.165, 1.54) is 0 Å². The molecule has 1 aliphatic carbocycles. The fraction of sp³-hybridized carbons (Fsp3) is 0.444. The molecule has 1 nitrogen and oxygen atoms in total. The van der Waals surface area contributed by atoms with Gasteiger partial charge in [-0.25, -0.2) is 0 Å². The summed E-state index contributed by atoms with van der Waals surface area (Å²) in [4.78, 5) is 11.3. The second-order valence-corrected chi connectivity index (χ2v) is 6.86. The predicted octanol–water partition coefficient (Wildman–Crippen LogP) is 3.56. The van der Waals surface area contributed by atoms with E-state index in [0.717, 1.165) is 5.57 Å². The number of hydrogen-bond donors (Lipinski definition) is 0. The number of rotatable bonds is 2. The molecule has 2 atom stereocenters. The summed E-state index contributed by atoms with van der Waals surface area (Å²) in [5, 5.41) is 0. The zero-order valence-corrected chi connectivity index (χ0v) is 11.0. The predicted molar refractivity (Wildman–Crippen MR) is 62.7 cm³/mol. The molecule has 1 aliphatic rings. The van der Waals surface area contributed by atoms with Crippen LogP contribution in [-0.2, 0) is 4.79 Å². The third kappa shape index (κ3) is 3.22. The number of hydrogen-bond acceptors (Lipinski definition) is 1. The van der Waals surface area contributed by atoms with Crippen molar-refractivity contribution in [3.05, 3.63) is 23.8 Å². The minimum Gasteiger partial charge on any atom is -0.293 e. The lowest BCUT2D eigenvalue weighted by molar-refractivity contribution is -0.114. The van der Waals surface area contributed by atoms with Crippen molar-refractivity contribution in [3.63, 3.8) is 0 Å². The van der Waals surface area contributed by atoms with Crippen LogP contribution in [0.15, 0.2) is 23.8 Å². The van der Waals surface area contributed by atoms with Gasteiger partial charge in [-0.1, -0.05) is 50.1 Å². The molecule has 0 fully saturated rings. The van der Waals surface area contributed by atoms with E-state index in [9.17, 15) is 4.79 Å². The van der Waals surface area contributed by atoms with Gasteiger partial charge in [0.15, 0.2) is 5.78 Å². The van der Waals surface area contributed by atoms with Crippen LogP contribution in [0.2, 0.25) is 0 Å². The second kappa shape index (κ2) is 4.28. The molecule has 13 heavy (non-hydrogen) atoms. The first kappa shape index (κ1) is 11.5. The summed E-state index contributed by atoms with van der Waals surface area (Å²) in [5.41, 5.74) is 0.722. The first-order valence-corrected chi connectivity index (χ1v) is 5.96. The van der Waals surface area contributed by atoms with Gasteiger partial charge in [-0.05, 0) is 13.3 Å². The summed E-state index contributed by atoms with van der Waals surface area (Å²) in [6.45, 7) is 1.81. The molecule has 72 valence electrons. The molecule has 0 bridgehead atoms. The Hall–Kier alpha value is 0.400. The first-order chi connectivity index (χ1) is 5.92. The summed E-state index contributed by atoms with van der Waals surface area (Å²) in [5.74, 6) is 0.0934. The SMILES string of the molecule is CC(Br)C(=O)C1=CCC(Cl)(Br)C=C1. The van der Waals surface area contributed by atoms with E-state index < -0.39 is 3.78 Å². The quantitative estimate of drug-likeness (QED) is 0.709. The molecule has 0 aliphatic heterocycles.